The van der Waals surface area contributed by atoms with Gasteiger partial charge >= 0.3 is 0 Å². The molecule has 2 aromatic carbocycles. The van der Waals surface area contributed by atoms with Gasteiger partial charge in [-0.25, -0.2) is 0 Å². The van der Waals surface area contributed by atoms with Crippen molar-refractivity contribution in [1.29, 1.82) is 0 Å². The molecule has 4 nitrogen and oxygen atoms in total. The van der Waals surface area contributed by atoms with Crippen molar-refractivity contribution in [3.63, 3.8) is 0 Å². The van der Waals surface area contributed by atoms with E-state index in [-0.39, 0.29) is 5.69 Å². The highest BCUT2D eigenvalue weighted by molar-refractivity contribution is 9.10. The third kappa shape index (κ3) is 3.62. The fourth-order valence-electron chi connectivity index (χ4n) is 1.65. The third-order valence-electron chi connectivity index (χ3n) is 2.62. The first-order valence-corrected chi connectivity index (χ1v) is 7.14. The fraction of sp³-hybridized carbons (Fsp3) is 0.0769. The number of nitrogens with one attached hydrogen (secondary N) is 1. The monoisotopic (exact) mass is 374 g/mol. The lowest BCUT2D eigenvalue weighted by molar-refractivity contribution is -0.383. The van der Waals surface area contributed by atoms with Crippen LogP contribution in [0.2, 0.25) is 10.0 Å². The molecular weight excluding hydrogens is 367 g/mol. The Bertz CT molecular complexity index is 665. The second-order valence-corrected chi connectivity index (χ2v) is 5.72. The number of anilines is 1. The van der Waals surface area contributed by atoms with Gasteiger partial charge in [0.1, 0.15) is 5.69 Å². The van der Waals surface area contributed by atoms with Crippen LogP contribution in [0.1, 0.15) is 5.56 Å². The van der Waals surface area contributed by atoms with Gasteiger partial charge in [0.2, 0.25) is 0 Å². The van der Waals surface area contributed by atoms with Gasteiger partial charge < -0.3 is 5.32 Å². The largest absolute Gasteiger partial charge is 0.375 e. The fourth-order valence-corrected chi connectivity index (χ4v) is 2.36. The van der Waals surface area contributed by atoms with Gasteiger partial charge in [0, 0.05) is 22.1 Å². The Kier molecular flexibility index (Phi) is 4.86. The molecule has 0 saturated heterocycles. The first-order valence-electron chi connectivity index (χ1n) is 5.59. The molecule has 0 aliphatic heterocycles. The molecule has 1 N–H and O–H groups in total. The van der Waals surface area contributed by atoms with Crippen LogP contribution < -0.4 is 5.32 Å². The summed E-state index contributed by atoms with van der Waals surface area (Å²) in [5.41, 5.74) is 1.32. The average Bonchev–Trinajstić information content (AvgIpc) is 2.41. The van der Waals surface area contributed by atoms with E-state index < -0.39 is 4.92 Å². The molecule has 20 heavy (non-hydrogen) atoms. The Labute approximate surface area is 134 Å². The molecule has 0 saturated carbocycles. The maximum Gasteiger partial charge on any atom is 0.293 e. The van der Waals surface area contributed by atoms with E-state index in [1.54, 1.807) is 18.2 Å². The minimum atomic E-state index is -0.466. The molecule has 2 rings (SSSR count). The van der Waals surface area contributed by atoms with Crippen LogP contribution in [0.3, 0.4) is 0 Å². The van der Waals surface area contributed by atoms with Crippen LogP contribution in [-0.4, -0.2) is 4.92 Å². The molecule has 7 heteroatoms. The van der Waals surface area contributed by atoms with Crippen LogP contribution in [0.15, 0.2) is 40.9 Å². The van der Waals surface area contributed by atoms with Crippen molar-refractivity contribution in [2.45, 2.75) is 6.54 Å². The van der Waals surface area contributed by atoms with E-state index in [9.17, 15) is 10.1 Å². The van der Waals surface area contributed by atoms with Crippen LogP contribution in [-0.2, 0) is 6.54 Å². The standard InChI is InChI=1S/C13H9BrCl2N2O2/c14-10-5-8(1-3-11(10)16)7-17-12-4-2-9(15)6-13(12)18(19)20/h1-6,17H,7H2. The SMILES string of the molecule is O=[N+]([O-])c1cc(Cl)ccc1NCc1ccc(Cl)c(Br)c1. The number of nitro benzene ring substituents is 1. The van der Waals surface area contributed by atoms with Crippen LogP contribution >= 0.6 is 39.1 Å². The summed E-state index contributed by atoms with van der Waals surface area (Å²) in [6, 6.07) is 9.99. The minimum absolute atomic E-state index is 0.0504. The van der Waals surface area contributed by atoms with Crippen LogP contribution in [0.25, 0.3) is 0 Å². The molecule has 0 atom stereocenters. The van der Waals surface area contributed by atoms with Gasteiger partial charge in [-0.3, -0.25) is 10.1 Å². The zero-order valence-electron chi connectivity index (χ0n) is 10.1. The molecule has 0 bridgehead atoms. The van der Waals surface area contributed by atoms with Gasteiger partial charge in [0.25, 0.3) is 5.69 Å². The summed E-state index contributed by atoms with van der Waals surface area (Å²) < 4.78 is 0.782. The Morgan fingerprint density at radius 2 is 1.95 bits per heavy atom. The van der Waals surface area contributed by atoms with Crippen molar-refractivity contribution < 1.29 is 4.92 Å². The van der Waals surface area contributed by atoms with Crippen molar-refractivity contribution in [1.82, 2.24) is 0 Å². The zero-order valence-corrected chi connectivity index (χ0v) is 13.2. The molecule has 0 aliphatic carbocycles. The number of nitrogens with zero attached hydrogens (tertiary/aromatic N) is 1. The summed E-state index contributed by atoms with van der Waals surface area (Å²) in [5, 5.41) is 14.9. The first-order chi connectivity index (χ1) is 9.47. The van der Waals surface area contributed by atoms with E-state index in [1.165, 1.54) is 6.07 Å². The van der Waals surface area contributed by atoms with Crippen molar-refractivity contribution in [2.75, 3.05) is 5.32 Å². The predicted molar refractivity (Wildman–Crippen MR) is 84.6 cm³/mol. The van der Waals surface area contributed by atoms with Crippen LogP contribution in [0.4, 0.5) is 11.4 Å². The van der Waals surface area contributed by atoms with Gasteiger partial charge in [-0.2, -0.15) is 0 Å². The summed E-state index contributed by atoms with van der Waals surface area (Å²) in [7, 11) is 0. The summed E-state index contributed by atoms with van der Waals surface area (Å²) >= 11 is 15.0. The maximum atomic E-state index is 11.0. The smallest absolute Gasteiger partial charge is 0.293 e. The van der Waals surface area contributed by atoms with Crippen molar-refractivity contribution in [3.05, 3.63) is 66.6 Å². The lowest BCUT2D eigenvalue weighted by atomic mass is 10.2. The molecule has 0 spiro atoms. The van der Waals surface area contributed by atoms with Gasteiger partial charge in [-0.15, -0.1) is 0 Å². The number of hydrogen-bond acceptors (Lipinski definition) is 3. The topological polar surface area (TPSA) is 55.2 Å². The van der Waals surface area contributed by atoms with Gasteiger partial charge in [-0.1, -0.05) is 29.3 Å². The number of rotatable bonds is 4. The van der Waals surface area contributed by atoms with E-state index in [0.717, 1.165) is 10.0 Å². The van der Waals surface area contributed by atoms with Gasteiger partial charge in [-0.05, 0) is 45.8 Å². The molecule has 0 aliphatic rings. The molecule has 0 amide bonds. The number of nitro groups is 1. The number of benzene rings is 2. The maximum absolute atomic E-state index is 11.0. The van der Waals surface area contributed by atoms with Gasteiger partial charge in [0.05, 0.1) is 9.95 Å². The van der Waals surface area contributed by atoms with E-state index in [2.05, 4.69) is 21.2 Å². The number of hydrogen-bond donors (Lipinski definition) is 1. The second kappa shape index (κ2) is 6.43. The Balaban J connectivity index is 2.18. The average molecular weight is 376 g/mol. The summed E-state index contributed by atoms with van der Waals surface area (Å²) in [5.74, 6) is 0. The van der Waals surface area contributed by atoms with E-state index >= 15 is 0 Å². The summed E-state index contributed by atoms with van der Waals surface area (Å²) in [4.78, 5) is 10.5. The molecule has 0 unspecified atom stereocenters. The highest BCUT2D eigenvalue weighted by Crippen LogP contribution is 2.29. The molecule has 0 radical (unpaired) electrons. The molecule has 0 heterocycles. The zero-order chi connectivity index (χ0) is 14.7. The molecule has 0 fully saturated rings. The number of halogens is 3. The predicted octanol–water partition coefficient (Wildman–Crippen LogP) is 5.28. The second-order valence-electron chi connectivity index (χ2n) is 4.02. The van der Waals surface area contributed by atoms with Crippen molar-refractivity contribution in [2.24, 2.45) is 0 Å². The molecule has 2 aromatic rings. The normalized spacial score (nSPS) is 10.3. The van der Waals surface area contributed by atoms with E-state index in [0.29, 0.717) is 22.3 Å². The third-order valence-corrected chi connectivity index (χ3v) is 4.07. The Hall–Kier alpha value is -1.30. The molecular formula is C13H9BrCl2N2O2. The van der Waals surface area contributed by atoms with E-state index in [4.69, 9.17) is 23.2 Å². The van der Waals surface area contributed by atoms with Crippen LogP contribution in [0.5, 0.6) is 0 Å². The quantitative estimate of drug-likeness (QED) is 0.584. The minimum Gasteiger partial charge on any atom is -0.375 e. The van der Waals surface area contributed by atoms with Crippen LogP contribution in [0, 0.1) is 10.1 Å². The summed E-state index contributed by atoms with van der Waals surface area (Å²) in [6.45, 7) is 0.443. The highest BCUT2D eigenvalue weighted by atomic mass is 79.9. The van der Waals surface area contributed by atoms with Crippen molar-refractivity contribution >= 4 is 50.5 Å². The lowest BCUT2D eigenvalue weighted by Crippen LogP contribution is -2.02. The van der Waals surface area contributed by atoms with E-state index in [1.807, 2.05) is 12.1 Å². The van der Waals surface area contributed by atoms with Gasteiger partial charge in [0.15, 0.2) is 0 Å². The highest BCUT2D eigenvalue weighted by Gasteiger charge is 2.13. The van der Waals surface area contributed by atoms with Crippen molar-refractivity contribution in [3.8, 4) is 0 Å². The Morgan fingerprint density at radius 3 is 2.60 bits per heavy atom. The molecule has 0 aromatic heterocycles. The Morgan fingerprint density at radius 1 is 1.20 bits per heavy atom. The summed E-state index contributed by atoms with van der Waals surface area (Å²) in [6.07, 6.45) is 0. The first kappa shape index (κ1) is 15.1. The molecule has 104 valence electrons. The lowest BCUT2D eigenvalue weighted by Gasteiger charge is -2.08.